The van der Waals surface area contributed by atoms with Gasteiger partial charge in [-0.15, -0.1) is 0 Å². The molecule has 0 aliphatic carbocycles. The molecular formula is C18H20ClN3O4. The average molecular weight is 378 g/mol. The molecule has 2 N–H and O–H groups in total. The third-order valence-corrected chi connectivity index (χ3v) is 4.65. The molecule has 138 valence electrons. The van der Waals surface area contributed by atoms with E-state index in [0.29, 0.717) is 48.9 Å². The van der Waals surface area contributed by atoms with Crippen molar-refractivity contribution < 1.29 is 9.53 Å². The van der Waals surface area contributed by atoms with Gasteiger partial charge in [-0.25, -0.2) is 4.79 Å². The quantitative estimate of drug-likeness (QED) is 0.779. The summed E-state index contributed by atoms with van der Waals surface area (Å²) in [5.74, 6) is 0. The number of halogens is 1. The van der Waals surface area contributed by atoms with E-state index in [-0.39, 0.29) is 17.8 Å². The predicted octanol–water partition coefficient (Wildman–Crippen LogP) is 2.71. The van der Waals surface area contributed by atoms with E-state index < -0.39 is 10.9 Å². The maximum absolute atomic E-state index is 11.9. The lowest BCUT2D eigenvalue weighted by atomic mass is 10.0. The molecule has 1 fully saturated rings. The Bertz CT molecular complexity index is 850. The van der Waals surface area contributed by atoms with Crippen LogP contribution in [0.25, 0.3) is 0 Å². The Morgan fingerprint density at radius 1 is 1.15 bits per heavy atom. The molecule has 1 aliphatic rings. The third kappa shape index (κ3) is 3.83. The zero-order chi connectivity index (χ0) is 18.7. The SMILES string of the molecule is CCOC(=O)N1CCC(Nc2c(Nc3ccc(Cl)cc3)c(=O)c2=O)CC1. The van der Waals surface area contributed by atoms with Crippen molar-refractivity contribution in [3.8, 4) is 0 Å². The molecule has 1 amide bonds. The summed E-state index contributed by atoms with van der Waals surface area (Å²) in [4.78, 5) is 37.2. The number of hydrogen-bond donors (Lipinski definition) is 2. The molecule has 2 aromatic rings. The Balaban J connectivity index is 1.62. The largest absolute Gasteiger partial charge is 0.450 e. The second kappa shape index (κ2) is 7.78. The number of likely N-dealkylation sites (tertiary alicyclic amines) is 1. The van der Waals surface area contributed by atoms with E-state index in [1.54, 1.807) is 36.1 Å². The number of benzene rings is 1. The van der Waals surface area contributed by atoms with Gasteiger partial charge in [-0.2, -0.15) is 0 Å². The van der Waals surface area contributed by atoms with Gasteiger partial charge in [0.15, 0.2) is 0 Å². The van der Waals surface area contributed by atoms with Crippen LogP contribution < -0.4 is 21.5 Å². The zero-order valence-electron chi connectivity index (χ0n) is 14.4. The Morgan fingerprint density at radius 2 is 1.77 bits per heavy atom. The lowest BCUT2D eigenvalue weighted by molar-refractivity contribution is 0.0983. The van der Waals surface area contributed by atoms with Gasteiger partial charge in [-0.3, -0.25) is 9.59 Å². The molecule has 2 aromatic carbocycles. The van der Waals surface area contributed by atoms with Crippen LogP contribution in [0.1, 0.15) is 19.8 Å². The van der Waals surface area contributed by atoms with Crippen LogP contribution in [0.3, 0.4) is 0 Å². The molecule has 3 rings (SSSR count). The molecule has 0 saturated carbocycles. The van der Waals surface area contributed by atoms with Crippen molar-refractivity contribution in [1.82, 2.24) is 4.90 Å². The number of amides is 1. The predicted molar refractivity (Wildman–Crippen MR) is 101 cm³/mol. The lowest BCUT2D eigenvalue weighted by Crippen LogP contribution is -2.45. The van der Waals surface area contributed by atoms with Crippen molar-refractivity contribution in [2.75, 3.05) is 30.3 Å². The van der Waals surface area contributed by atoms with Gasteiger partial charge in [0, 0.05) is 29.8 Å². The van der Waals surface area contributed by atoms with Crippen molar-refractivity contribution in [1.29, 1.82) is 0 Å². The fourth-order valence-corrected chi connectivity index (χ4v) is 3.08. The minimum Gasteiger partial charge on any atom is -0.450 e. The van der Waals surface area contributed by atoms with Crippen molar-refractivity contribution >= 4 is 34.8 Å². The first kappa shape index (κ1) is 18.3. The summed E-state index contributed by atoms with van der Waals surface area (Å²) in [6, 6.07) is 6.90. The van der Waals surface area contributed by atoms with E-state index in [4.69, 9.17) is 16.3 Å². The molecule has 7 nitrogen and oxygen atoms in total. The fraction of sp³-hybridized carbons (Fsp3) is 0.389. The smallest absolute Gasteiger partial charge is 0.409 e. The van der Waals surface area contributed by atoms with Gasteiger partial charge in [0.05, 0.1) is 6.61 Å². The van der Waals surface area contributed by atoms with Gasteiger partial charge < -0.3 is 20.3 Å². The Hall–Kier alpha value is -2.54. The van der Waals surface area contributed by atoms with E-state index in [1.807, 2.05) is 0 Å². The summed E-state index contributed by atoms with van der Waals surface area (Å²) in [6.45, 7) is 3.21. The van der Waals surface area contributed by atoms with E-state index in [9.17, 15) is 14.4 Å². The average Bonchev–Trinajstić information content (AvgIpc) is 2.66. The molecule has 0 bridgehead atoms. The van der Waals surface area contributed by atoms with E-state index in [1.165, 1.54) is 0 Å². The van der Waals surface area contributed by atoms with Gasteiger partial charge in [0.1, 0.15) is 11.4 Å². The Labute approximate surface area is 155 Å². The summed E-state index contributed by atoms with van der Waals surface area (Å²) < 4.78 is 4.99. The van der Waals surface area contributed by atoms with Gasteiger partial charge in [0.2, 0.25) is 0 Å². The number of hydrogen-bond acceptors (Lipinski definition) is 6. The van der Waals surface area contributed by atoms with Crippen LogP contribution in [0.2, 0.25) is 5.02 Å². The Kier molecular flexibility index (Phi) is 5.46. The van der Waals surface area contributed by atoms with Crippen LogP contribution in [0.4, 0.5) is 21.9 Å². The number of nitrogens with zero attached hydrogens (tertiary/aromatic N) is 1. The molecule has 0 spiro atoms. The van der Waals surface area contributed by atoms with Crippen LogP contribution >= 0.6 is 11.6 Å². The number of piperidine rings is 1. The molecule has 26 heavy (non-hydrogen) atoms. The van der Waals surface area contributed by atoms with Crippen molar-refractivity contribution in [2.24, 2.45) is 0 Å². The van der Waals surface area contributed by atoms with Crippen LogP contribution in [-0.2, 0) is 4.74 Å². The monoisotopic (exact) mass is 377 g/mol. The Morgan fingerprint density at radius 3 is 2.38 bits per heavy atom. The number of anilines is 3. The van der Waals surface area contributed by atoms with E-state index >= 15 is 0 Å². The maximum Gasteiger partial charge on any atom is 0.409 e. The number of nitrogens with one attached hydrogen (secondary N) is 2. The molecular weight excluding hydrogens is 358 g/mol. The van der Waals surface area contributed by atoms with Gasteiger partial charge in [0.25, 0.3) is 10.9 Å². The van der Waals surface area contributed by atoms with Gasteiger partial charge in [-0.1, -0.05) is 11.6 Å². The first-order valence-electron chi connectivity index (χ1n) is 8.53. The molecule has 0 atom stereocenters. The highest BCUT2D eigenvalue weighted by atomic mass is 35.5. The standard InChI is InChI=1S/C18H20ClN3O4/c1-2-26-18(25)22-9-7-13(8-10-22)21-15-14(16(23)17(15)24)20-12-5-3-11(19)4-6-12/h3-6,13,20-21H,2,7-10H2,1H3. The van der Waals surface area contributed by atoms with Gasteiger partial charge in [-0.05, 0) is 44.0 Å². The summed E-state index contributed by atoms with van der Waals surface area (Å²) in [5, 5.41) is 6.71. The summed E-state index contributed by atoms with van der Waals surface area (Å²) in [5.41, 5.74) is 0.201. The highest BCUT2D eigenvalue weighted by Gasteiger charge is 2.27. The first-order chi connectivity index (χ1) is 12.5. The highest BCUT2D eigenvalue weighted by molar-refractivity contribution is 6.30. The lowest BCUT2D eigenvalue weighted by Gasteiger charge is -2.32. The minimum absolute atomic E-state index is 0.0229. The number of carbonyl (C=O) groups excluding carboxylic acids is 1. The molecule has 0 unspecified atom stereocenters. The summed E-state index contributed by atoms with van der Waals surface area (Å²) in [7, 11) is 0. The minimum atomic E-state index is -0.536. The van der Waals surface area contributed by atoms with Crippen molar-refractivity contribution in [3.63, 3.8) is 0 Å². The second-order valence-corrected chi connectivity index (χ2v) is 6.58. The molecule has 1 aliphatic heterocycles. The number of carbonyl (C=O) groups is 1. The maximum atomic E-state index is 11.9. The molecule has 1 saturated heterocycles. The normalized spacial score (nSPS) is 15.1. The van der Waals surface area contributed by atoms with Crippen LogP contribution in [0.5, 0.6) is 0 Å². The van der Waals surface area contributed by atoms with E-state index in [0.717, 1.165) is 0 Å². The fourth-order valence-electron chi connectivity index (χ4n) is 2.95. The zero-order valence-corrected chi connectivity index (χ0v) is 15.1. The molecule has 0 aromatic heterocycles. The summed E-state index contributed by atoms with van der Waals surface area (Å²) >= 11 is 5.85. The van der Waals surface area contributed by atoms with Crippen molar-refractivity contribution in [2.45, 2.75) is 25.8 Å². The molecule has 0 radical (unpaired) electrons. The molecule has 8 heteroatoms. The first-order valence-corrected chi connectivity index (χ1v) is 8.91. The van der Waals surface area contributed by atoms with Crippen molar-refractivity contribution in [3.05, 3.63) is 49.7 Å². The molecule has 1 heterocycles. The van der Waals surface area contributed by atoms with Gasteiger partial charge >= 0.3 is 6.09 Å². The van der Waals surface area contributed by atoms with Crippen LogP contribution in [0, 0.1) is 0 Å². The third-order valence-electron chi connectivity index (χ3n) is 4.39. The van der Waals surface area contributed by atoms with Crippen LogP contribution in [-0.4, -0.2) is 36.7 Å². The number of rotatable bonds is 5. The number of ether oxygens (including phenoxy) is 1. The topological polar surface area (TPSA) is 87.7 Å². The highest BCUT2D eigenvalue weighted by Crippen LogP contribution is 2.24. The van der Waals surface area contributed by atoms with Crippen LogP contribution in [0.15, 0.2) is 33.9 Å². The summed E-state index contributed by atoms with van der Waals surface area (Å²) in [6.07, 6.45) is 1.04. The van der Waals surface area contributed by atoms with E-state index in [2.05, 4.69) is 10.6 Å². The second-order valence-electron chi connectivity index (χ2n) is 6.14.